The second-order valence-electron chi connectivity index (χ2n) is 5.55. The van der Waals surface area contributed by atoms with E-state index in [1.807, 2.05) is 55.5 Å². The fourth-order valence-electron chi connectivity index (χ4n) is 2.27. The molecule has 0 bridgehead atoms. The van der Waals surface area contributed by atoms with Gasteiger partial charge in [0.2, 0.25) is 5.82 Å². The van der Waals surface area contributed by atoms with Gasteiger partial charge in [-0.3, -0.25) is 0 Å². The van der Waals surface area contributed by atoms with Crippen molar-refractivity contribution in [3.63, 3.8) is 0 Å². The van der Waals surface area contributed by atoms with Gasteiger partial charge in [-0.2, -0.15) is 4.98 Å². The smallest absolute Gasteiger partial charge is 0.260 e. The summed E-state index contributed by atoms with van der Waals surface area (Å²) in [6.07, 6.45) is -0.830. The Balaban J connectivity index is 1.86. The molecule has 6 nitrogen and oxygen atoms in total. The van der Waals surface area contributed by atoms with Crippen LogP contribution in [0.4, 0.5) is 5.69 Å². The normalized spacial score (nSPS) is 12.1. The van der Waals surface area contributed by atoms with Gasteiger partial charge in [-0.05, 0) is 19.1 Å². The number of nitrogens with zero attached hydrogens (tertiary/aromatic N) is 2. The molecular weight excluding hydrogens is 306 g/mol. The van der Waals surface area contributed by atoms with E-state index in [-0.39, 0.29) is 13.2 Å². The van der Waals surface area contributed by atoms with Gasteiger partial charge in [0.15, 0.2) is 0 Å². The highest BCUT2D eigenvalue weighted by atomic mass is 16.5. The van der Waals surface area contributed by atoms with E-state index in [1.54, 1.807) is 0 Å². The lowest BCUT2D eigenvalue weighted by Gasteiger charge is -2.12. The van der Waals surface area contributed by atoms with Gasteiger partial charge >= 0.3 is 0 Å². The van der Waals surface area contributed by atoms with Crippen LogP contribution in [-0.2, 0) is 0 Å². The van der Waals surface area contributed by atoms with E-state index in [9.17, 15) is 5.11 Å². The Hall–Kier alpha value is -2.70. The van der Waals surface area contributed by atoms with Crippen LogP contribution < -0.4 is 5.32 Å². The molecule has 124 valence electrons. The number of hydrogen-bond donors (Lipinski definition) is 3. The zero-order valence-corrected chi connectivity index (χ0v) is 13.3. The lowest BCUT2D eigenvalue weighted by molar-refractivity contribution is 0.105. The summed E-state index contributed by atoms with van der Waals surface area (Å²) in [6.45, 7) is 1.95. The maximum Gasteiger partial charge on any atom is 0.260 e. The second kappa shape index (κ2) is 7.25. The van der Waals surface area contributed by atoms with Crippen LogP contribution in [0.15, 0.2) is 53.1 Å². The first kappa shape index (κ1) is 16.2. The van der Waals surface area contributed by atoms with Crippen molar-refractivity contribution in [1.29, 1.82) is 0 Å². The van der Waals surface area contributed by atoms with Gasteiger partial charge < -0.3 is 20.1 Å². The van der Waals surface area contributed by atoms with Crippen LogP contribution in [0.5, 0.6) is 0 Å². The van der Waals surface area contributed by atoms with Crippen LogP contribution in [0.3, 0.4) is 0 Å². The molecule has 1 aromatic heterocycles. The average molecular weight is 325 g/mol. The molecule has 0 amide bonds. The number of aliphatic hydroxyl groups excluding tert-OH is 2. The minimum absolute atomic E-state index is 0.229. The Morgan fingerprint density at radius 1 is 1.12 bits per heavy atom. The predicted octanol–water partition coefficient (Wildman–Crippen LogP) is 2.48. The van der Waals surface area contributed by atoms with Crippen LogP contribution in [-0.4, -0.2) is 39.6 Å². The first-order chi connectivity index (χ1) is 11.7. The first-order valence-corrected chi connectivity index (χ1v) is 7.70. The highest BCUT2D eigenvalue weighted by Gasteiger charge is 2.14. The molecule has 1 heterocycles. The first-order valence-electron chi connectivity index (χ1n) is 7.70. The largest absolute Gasteiger partial charge is 0.394 e. The Morgan fingerprint density at radius 3 is 2.62 bits per heavy atom. The van der Waals surface area contributed by atoms with Gasteiger partial charge in [-0.1, -0.05) is 47.1 Å². The number of rotatable bonds is 6. The quantitative estimate of drug-likeness (QED) is 0.645. The Morgan fingerprint density at radius 2 is 1.88 bits per heavy atom. The molecule has 0 fully saturated rings. The fourth-order valence-corrected chi connectivity index (χ4v) is 2.27. The molecule has 3 rings (SSSR count). The van der Waals surface area contributed by atoms with E-state index in [2.05, 4.69) is 15.5 Å². The third-order valence-electron chi connectivity index (χ3n) is 3.63. The Labute approximate surface area is 139 Å². The zero-order valence-electron chi connectivity index (χ0n) is 13.3. The third kappa shape index (κ3) is 3.61. The molecule has 2 aromatic carbocycles. The zero-order chi connectivity index (χ0) is 16.9. The summed E-state index contributed by atoms with van der Waals surface area (Å²) in [5, 5.41) is 25.5. The van der Waals surface area contributed by atoms with Crippen LogP contribution in [0.1, 0.15) is 5.56 Å². The molecule has 0 aliphatic heterocycles. The summed E-state index contributed by atoms with van der Waals surface area (Å²) in [4.78, 5) is 4.46. The van der Waals surface area contributed by atoms with Crippen molar-refractivity contribution in [1.82, 2.24) is 10.1 Å². The van der Waals surface area contributed by atoms with E-state index in [4.69, 9.17) is 9.63 Å². The molecule has 0 radical (unpaired) electrons. The number of aromatic nitrogens is 2. The predicted molar refractivity (Wildman–Crippen MR) is 91.5 cm³/mol. The number of hydrogen-bond acceptors (Lipinski definition) is 6. The van der Waals surface area contributed by atoms with Crippen molar-refractivity contribution in [3.8, 4) is 22.8 Å². The molecule has 0 aliphatic carbocycles. The Bertz CT molecular complexity index is 799. The molecule has 6 heteroatoms. The molecular formula is C18H19N3O3. The molecule has 1 atom stereocenters. The van der Waals surface area contributed by atoms with Gasteiger partial charge in [0.25, 0.3) is 5.89 Å². The van der Waals surface area contributed by atoms with Crippen molar-refractivity contribution in [3.05, 3.63) is 54.1 Å². The molecule has 1 unspecified atom stereocenters. The van der Waals surface area contributed by atoms with Crippen LogP contribution in [0.25, 0.3) is 22.8 Å². The summed E-state index contributed by atoms with van der Waals surface area (Å²) < 4.78 is 5.40. The van der Waals surface area contributed by atoms with E-state index < -0.39 is 6.10 Å². The number of aliphatic hydroxyl groups is 2. The number of benzene rings is 2. The second-order valence-corrected chi connectivity index (χ2v) is 5.55. The monoisotopic (exact) mass is 325 g/mol. The van der Waals surface area contributed by atoms with Gasteiger partial charge in [0, 0.05) is 17.8 Å². The van der Waals surface area contributed by atoms with E-state index in [0.717, 1.165) is 16.8 Å². The molecule has 0 spiro atoms. The van der Waals surface area contributed by atoms with Gasteiger partial charge in [-0.25, -0.2) is 0 Å². The van der Waals surface area contributed by atoms with E-state index in [0.29, 0.717) is 11.7 Å². The summed E-state index contributed by atoms with van der Waals surface area (Å²) in [7, 11) is 0. The molecule has 0 saturated heterocycles. The summed E-state index contributed by atoms with van der Waals surface area (Å²) in [6, 6.07) is 15.4. The summed E-state index contributed by atoms with van der Waals surface area (Å²) >= 11 is 0. The van der Waals surface area contributed by atoms with Crippen molar-refractivity contribution >= 4 is 5.69 Å². The molecule has 0 aliphatic rings. The van der Waals surface area contributed by atoms with Gasteiger partial charge in [-0.15, -0.1) is 0 Å². The van der Waals surface area contributed by atoms with Crippen LogP contribution in [0.2, 0.25) is 0 Å². The molecule has 3 N–H and O–H groups in total. The third-order valence-corrected chi connectivity index (χ3v) is 3.63. The lowest BCUT2D eigenvalue weighted by Crippen LogP contribution is -2.23. The maximum absolute atomic E-state index is 9.49. The number of para-hydroxylation sites is 1. The maximum atomic E-state index is 9.49. The fraction of sp³-hybridized carbons (Fsp3) is 0.222. The number of anilines is 1. The highest BCUT2D eigenvalue weighted by molar-refractivity contribution is 5.73. The Kier molecular flexibility index (Phi) is 4.88. The number of aryl methyl sites for hydroxylation is 1. The minimum Gasteiger partial charge on any atom is -0.394 e. The SMILES string of the molecule is Cc1ccc(-c2noc(-c3ccccc3NCC(O)CO)n2)cc1. The standard InChI is InChI=1S/C18H19N3O3/c1-12-6-8-13(9-7-12)17-20-18(24-21-17)15-4-2-3-5-16(15)19-10-14(23)11-22/h2-9,14,19,22-23H,10-11H2,1H3. The topological polar surface area (TPSA) is 91.4 Å². The molecule has 0 saturated carbocycles. The van der Waals surface area contributed by atoms with Crippen molar-refractivity contribution in [2.75, 3.05) is 18.5 Å². The summed E-state index contributed by atoms with van der Waals surface area (Å²) in [5.41, 5.74) is 3.55. The van der Waals surface area contributed by atoms with E-state index >= 15 is 0 Å². The summed E-state index contributed by atoms with van der Waals surface area (Å²) in [5.74, 6) is 0.919. The average Bonchev–Trinajstić information content (AvgIpc) is 3.10. The number of nitrogens with one attached hydrogen (secondary N) is 1. The lowest BCUT2D eigenvalue weighted by atomic mass is 10.1. The van der Waals surface area contributed by atoms with Crippen molar-refractivity contribution in [2.24, 2.45) is 0 Å². The van der Waals surface area contributed by atoms with Crippen LogP contribution >= 0.6 is 0 Å². The van der Waals surface area contributed by atoms with Gasteiger partial charge in [0.1, 0.15) is 0 Å². The van der Waals surface area contributed by atoms with Crippen LogP contribution in [0, 0.1) is 6.92 Å². The molecule has 3 aromatic rings. The highest BCUT2D eigenvalue weighted by Crippen LogP contribution is 2.28. The van der Waals surface area contributed by atoms with E-state index in [1.165, 1.54) is 5.56 Å². The minimum atomic E-state index is -0.830. The van der Waals surface area contributed by atoms with Gasteiger partial charge in [0.05, 0.1) is 18.3 Å². The van der Waals surface area contributed by atoms with Crippen molar-refractivity contribution in [2.45, 2.75) is 13.0 Å². The molecule has 24 heavy (non-hydrogen) atoms. The van der Waals surface area contributed by atoms with Crippen molar-refractivity contribution < 1.29 is 14.7 Å².